The predicted octanol–water partition coefficient (Wildman–Crippen LogP) is -1.69. The average molecular weight is 456 g/mol. The quantitative estimate of drug-likeness (QED) is 0.240. The van der Waals surface area contributed by atoms with Crippen molar-refractivity contribution in [2.45, 2.75) is 13.1 Å². The van der Waals surface area contributed by atoms with Crippen molar-refractivity contribution >= 4 is 27.2 Å². The number of benzene rings is 2. The van der Waals surface area contributed by atoms with E-state index >= 15 is 0 Å². The van der Waals surface area contributed by atoms with Crippen LogP contribution in [0.3, 0.4) is 0 Å². The van der Waals surface area contributed by atoms with Crippen molar-refractivity contribution in [3.63, 3.8) is 0 Å². The maximum absolute atomic E-state index is 13.4. The molecule has 1 aromatic heterocycles. The minimum absolute atomic E-state index is 0.0353. The molecular weight excluding hydrogens is 432 g/mol. The lowest BCUT2D eigenvalue weighted by molar-refractivity contribution is 0.265. The van der Waals surface area contributed by atoms with E-state index in [1.54, 1.807) is 25.1 Å². The molecular formula is C22H24N4O7. The Morgan fingerprint density at radius 3 is 2.09 bits per heavy atom. The van der Waals surface area contributed by atoms with Gasteiger partial charge in [-0.2, -0.15) is 0 Å². The van der Waals surface area contributed by atoms with E-state index < -0.39 is 35.8 Å². The van der Waals surface area contributed by atoms with Crippen molar-refractivity contribution in [1.29, 1.82) is 0 Å². The van der Waals surface area contributed by atoms with Crippen LogP contribution in [0.5, 0.6) is 5.88 Å². The van der Waals surface area contributed by atoms with E-state index in [0.29, 0.717) is 5.69 Å². The van der Waals surface area contributed by atoms with E-state index in [9.17, 15) is 34.8 Å². The first-order valence-corrected chi connectivity index (χ1v) is 10.4. The molecule has 0 radical (unpaired) electrons. The molecule has 174 valence electrons. The summed E-state index contributed by atoms with van der Waals surface area (Å²) < 4.78 is 1.95. The summed E-state index contributed by atoms with van der Waals surface area (Å²) in [5, 5.41) is 39.9. The van der Waals surface area contributed by atoms with Gasteiger partial charge in [0, 0.05) is 30.4 Å². The fourth-order valence-corrected chi connectivity index (χ4v) is 4.39. The van der Waals surface area contributed by atoms with Crippen LogP contribution >= 0.6 is 0 Å². The molecule has 4 rings (SSSR count). The zero-order chi connectivity index (χ0) is 24.0. The normalized spacial score (nSPS) is 12.6. The maximum atomic E-state index is 13.4. The molecule has 0 bridgehead atoms. The number of pyridine rings is 2. The van der Waals surface area contributed by atoms with Crippen LogP contribution in [0.4, 0.5) is 5.69 Å². The zero-order valence-corrected chi connectivity index (χ0v) is 18.2. The third kappa shape index (κ3) is 3.24. The Bertz CT molecular complexity index is 1550. The first kappa shape index (κ1) is 22.6. The van der Waals surface area contributed by atoms with Gasteiger partial charge in [0.1, 0.15) is 0 Å². The highest BCUT2D eigenvalue weighted by molar-refractivity contribution is 6.18. The molecule has 0 spiro atoms. The first-order valence-electron chi connectivity index (χ1n) is 10.4. The number of hydrogen-bond donors (Lipinski definition) is 4. The highest BCUT2D eigenvalue weighted by atomic mass is 16.3. The minimum Gasteiger partial charge on any atom is -0.494 e. The summed E-state index contributed by atoms with van der Waals surface area (Å²) in [5.74, 6) is -0.404. The maximum Gasteiger partial charge on any atom is 0.263 e. The largest absolute Gasteiger partial charge is 0.494 e. The van der Waals surface area contributed by atoms with Crippen molar-refractivity contribution in [3.05, 3.63) is 48.6 Å². The van der Waals surface area contributed by atoms with Crippen molar-refractivity contribution in [1.82, 2.24) is 9.13 Å². The van der Waals surface area contributed by atoms with Crippen LogP contribution in [0.15, 0.2) is 31.5 Å². The molecule has 0 saturated heterocycles. The molecule has 0 atom stereocenters. The number of rotatable bonds is 7. The molecule has 0 fully saturated rings. The van der Waals surface area contributed by atoms with Crippen LogP contribution in [0.2, 0.25) is 0 Å². The summed E-state index contributed by atoms with van der Waals surface area (Å²) in [5.41, 5.74) is -1.17. The molecule has 4 N–H and O–H groups in total. The van der Waals surface area contributed by atoms with E-state index in [0.717, 1.165) is 9.13 Å². The first-order chi connectivity index (χ1) is 15.8. The molecule has 1 aromatic carbocycles. The van der Waals surface area contributed by atoms with Crippen molar-refractivity contribution < 1.29 is 20.4 Å². The average Bonchev–Trinajstić information content (AvgIpc) is 2.79. The Labute approximate surface area is 186 Å². The summed E-state index contributed by atoms with van der Waals surface area (Å²) in [6.45, 7) is -1.53. The fourth-order valence-electron chi connectivity index (χ4n) is 4.39. The Morgan fingerprint density at radius 1 is 0.848 bits per heavy atom. The number of aliphatic hydroxyl groups excluding tert-OH is 3. The van der Waals surface area contributed by atoms with Gasteiger partial charge in [-0.1, -0.05) is 0 Å². The third-order valence-electron chi connectivity index (χ3n) is 5.76. The van der Waals surface area contributed by atoms with Crippen molar-refractivity contribution in [3.8, 4) is 17.0 Å². The number of hydrogen-bond acceptors (Lipinski definition) is 9. The molecule has 11 nitrogen and oxygen atoms in total. The lowest BCUT2D eigenvalue weighted by Crippen LogP contribution is -2.38. The molecule has 33 heavy (non-hydrogen) atoms. The third-order valence-corrected chi connectivity index (χ3v) is 5.76. The lowest BCUT2D eigenvalue weighted by Gasteiger charge is -2.24. The molecule has 1 aliphatic carbocycles. The van der Waals surface area contributed by atoms with Crippen molar-refractivity contribution in [2.24, 2.45) is 4.99 Å². The van der Waals surface area contributed by atoms with Gasteiger partial charge in [0.25, 0.3) is 16.7 Å². The highest BCUT2D eigenvalue weighted by Crippen LogP contribution is 2.41. The molecule has 11 heteroatoms. The van der Waals surface area contributed by atoms with Crippen LogP contribution in [-0.2, 0) is 13.1 Å². The number of aromatic hydroxyl groups is 1. The van der Waals surface area contributed by atoms with Gasteiger partial charge in [-0.05, 0) is 12.1 Å². The van der Waals surface area contributed by atoms with Gasteiger partial charge in [0.15, 0.2) is 0 Å². The molecule has 0 amide bonds. The van der Waals surface area contributed by atoms with Gasteiger partial charge in [-0.3, -0.25) is 28.5 Å². The predicted molar refractivity (Wildman–Crippen MR) is 123 cm³/mol. The molecule has 0 unspecified atom stereocenters. The van der Waals surface area contributed by atoms with Crippen LogP contribution in [0.25, 0.3) is 32.7 Å². The second-order valence-corrected chi connectivity index (χ2v) is 7.88. The molecule has 2 aliphatic rings. The summed E-state index contributed by atoms with van der Waals surface area (Å²) >= 11 is 0. The van der Waals surface area contributed by atoms with E-state index in [1.807, 2.05) is 0 Å². The topological polar surface area (TPSA) is 158 Å². The number of aliphatic hydroxyl groups is 3. The Morgan fingerprint density at radius 2 is 1.48 bits per heavy atom. The highest BCUT2D eigenvalue weighted by Gasteiger charge is 2.29. The van der Waals surface area contributed by atoms with Gasteiger partial charge < -0.3 is 25.3 Å². The second-order valence-electron chi connectivity index (χ2n) is 7.88. The Balaban J connectivity index is 2.44. The summed E-state index contributed by atoms with van der Waals surface area (Å²) in [4.78, 5) is 45.9. The molecule has 2 heterocycles. The van der Waals surface area contributed by atoms with Gasteiger partial charge >= 0.3 is 0 Å². The molecule has 0 saturated carbocycles. The van der Waals surface area contributed by atoms with E-state index in [4.69, 9.17) is 0 Å². The number of anilines is 1. The number of nitrogens with zero attached hydrogens (tertiary/aromatic N) is 4. The van der Waals surface area contributed by atoms with Crippen LogP contribution in [-0.4, -0.2) is 70.0 Å². The van der Waals surface area contributed by atoms with E-state index in [2.05, 4.69) is 4.99 Å². The SMILES string of the molecule is CN(C)c1cc2c(O)n(CCO)c(=O)c3c(=NCCO)cc4c(=O)n(CCO)c(=O)c1c-4c23. The Kier molecular flexibility index (Phi) is 5.78. The van der Waals surface area contributed by atoms with Gasteiger partial charge in [0.2, 0.25) is 5.88 Å². The monoisotopic (exact) mass is 456 g/mol. The lowest BCUT2D eigenvalue weighted by atomic mass is 9.89. The van der Waals surface area contributed by atoms with Crippen molar-refractivity contribution in [2.75, 3.05) is 45.4 Å². The van der Waals surface area contributed by atoms with Crippen LogP contribution in [0.1, 0.15) is 0 Å². The molecule has 1 aliphatic heterocycles. The second kappa shape index (κ2) is 8.43. The minimum atomic E-state index is -0.653. The van der Waals surface area contributed by atoms with Gasteiger partial charge in [-0.15, -0.1) is 0 Å². The zero-order valence-electron chi connectivity index (χ0n) is 18.2. The molecule has 2 aromatic rings. The summed E-state index contributed by atoms with van der Waals surface area (Å²) in [6.07, 6.45) is 0. The number of aromatic nitrogens is 2. The summed E-state index contributed by atoms with van der Waals surface area (Å²) in [7, 11) is 3.40. The van der Waals surface area contributed by atoms with E-state index in [1.165, 1.54) is 6.07 Å². The Hall–Kier alpha value is -3.54. The van der Waals surface area contributed by atoms with Crippen LogP contribution in [0, 0.1) is 0 Å². The van der Waals surface area contributed by atoms with Crippen LogP contribution < -0.4 is 26.9 Å². The van der Waals surface area contributed by atoms with Gasteiger partial charge in [-0.25, -0.2) is 0 Å². The van der Waals surface area contributed by atoms with Gasteiger partial charge in [0.05, 0.1) is 66.8 Å². The summed E-state index contributed by atoms with van der Waals surface area (Å²) in [6, 6.07) is 2.95. The standard InChI is InChI=1S/C22H24N4O7/c1-24(2)14-10-12-15-16-11(19(30)26(5-8-29)22(33)18(14)16)9-13(23-3-6-27)17(15)21(32)25(4-7-28)20(12)31/h9-10,27-29,31H,3-8H2,1-2H3. The fraction of sp³-hybridized carbons (Fsp3) is 0.364. The van der Waals surface area contributed by atoms with E-state index in [-0.39, 0.29) is 64.3 Å². The smallest absolute Gasteiger partial charge is 0.263 e.